The number of allylic oxidation sites excluding steroid dienone is 1. The first-order valence-electron chi connectivity index (χ1n) is 6.16. The third-order valence-corrected chi connectivity index (χ3v) is 2.76. The molecule has 0 saturated heterocycles. The molecule has 5 heteroatoms. The van der Waals surface area contributed by atoms with E-state index in [2.05, 4.69) is 5.32 Å². The first-order valence-corrected chi connectivity index (χ1v) is 6.16. The number of carbonyl (C=O) groups is 1. The molecule has 0 fully saturated rings. The lowest BCUT2D eigenvalue weighted by molar-refractivity contribution is -0.137. The summed E-state index contributed by atoms with van der Waals surface area (Å²) in [5.74, 6) is -0.185. The number of ketones is 1. The van der Waals surface area contributed by atoms with Gasteiger partial charge in [0.2, 0.25) is 0 Å². The molecule has 0 atom stereocenters. The molecule has 2 aromatic carbocycles. The zero-order valence-electron chi connectivity index (χ0n) is 10.9. The van der Waals surface area contributed by atoms with Crippen LogP contribution in [0, 0.1) is 0 Å². The summed E-state index contributed by atoms with van der Waals surface area (Å²) in [6, 6.07) is 13.3. The predicted molar refractivity (Wildman–Crippen MR) is 75.0 cm³/mol. The number of carbonyl (C=O) groups excluding carboxylic acids is 1. The summed E-state index contributed by atoms with van der Waals surface area (Å²) < 4.78 is 37.2. The molecule has 0 radical (unpaired) electrons. The second-order valence-corrected chi connectivity index (χ2v) is 4.28. The van der Waals surface area contributed by atoms with Crippen LogP contribution in [0.25, 0.3) is 0 Å². The molecule has 0 aliphatic carbocycles. The highest BCUT2D eigenvalue weighted by Gasteiger charge is 2.29. The number of hydrogen-bond donors (Lipinski definition) is 1. The predicted octanol–water partition coefficient (Wildman–Crippen LogP) is 4.51. The van der Waals surface area contributed by atoms with Crippen molar-refractivity contribution < 1.29 is 18.0 Å². The number of anilines is 1. The van der Waals surface area contributed by atoms with Crippen LogP contribution < -0.4 is 5.32 Å². The Morgan fingerprint density at radius 1 is 0.952 bits per heavy atom. The normalized spacial score (nSPS) is 11.6. The van der Waals surface area contributed by atoms with Crippen molar-refractivity contribution in [3.8, 4) is 0 Å². The smallest absolute Gasteiger partial charge is 0.362 e. The molecule has 108 valence electrons. The second kappa shape index (κ2) is 6.26. The van der Waals surface area contributed by atoms with Crippen LogP contribution in [0.3, 0.4) is 0 Å². The molecule has 21 heavy (non-hydrogen) atoms. The summed E-state index contributed by atoms with van der Waals surface area (Å²) in [7, 11) is 0. The zero-order valence-corrected chi connectivity index (χ0v) is 10.9. The van der Waals surface area contributed by atoms with E-state index >= 15 is 0 Å². The highest BCUT2D eigenvalue weighted by molar-refractivity contribution is 6.04. The highest BCUT2D eigenvalue weighted by atomic mass is 19.4. The van der Waals surface area contributed by atoms with E-state index in [1.54, 1.807) is 30.3 Å². The molecule has 2 nitrogen and oxygen atoms in total. The van der Waals surface area contributed by atoms with E-state index in [-0.39, 0.29) is 5.78 Å². The molecular formula is C16H12F3NO. The third kappa shape index (κ3) is 4.21. The molecule has 2 rings (SSSR count). The average Bonchev–Trinajstić information content (AvgIpc) is 2.47. The third-order valence-electron chi connectivity index (χ3n) is 2.76. The van der Waals surface area contributed by atoms with E-state index < -0.39 is 11.7 Å². The Kier molecular flexibility index (Phi) is 4.42. The largest absolute Gasteiger partial charge is 0.416 e. The van der Waals surface area contributed by atoms with Gasteiger partial charge in [0.15, 0.2) is 5.78 Å². The minimum Gasteiger partial charge on any atom is -0.362 e. The van der Waals surface area contributed by atoms with Crippen molar-refractivity contribution in [1.29, 1.82) is 0 Å². The Balaban J connectivity index is 1.97. The van der Waals surface area contributed by atoms with E-state index in [0.717, 1.165) is 12.1 Å². The van der Waals surface area contributed by atoms with Gasteiger partial charge in [-0.25, -0.2) is 0 Å². The molecule has 0 aliphatic heterocycles. The first-order chi connectivity index (χ1) is 9.97. The van der Waals surface area contributed by atoms with Crippen molar-refractivity contribution in [3.63, 3.8) is 0 Å². The van der Waals surface area contributed by atoms with Gasteiger partial charge in [-0.3, -0.25) is 4.79 Å². The molecule has 0 unspecified atom stereocenters. The van der Waals surface area contributed by atoms with Crippen molar-refractivity contribution in [2.24, 2.45) is 0 Å². The fourth-order valence-electron chi connectivity index (χ4n) is 1.67. The molecule has 0 aromatic heterocycles. The minimum atomic E-state index is -4.35. The van der Waals surface area contributed by atoms with E-state index in [0.29, 0.717) is 11.3 Å². The van der Waals surface area contributed by atoms with Crippen molar-refractivity contribution in [2.75, 3.05) is 5.32 Å². The van der Waals surface area contributed by atoms with Crippen LogP contribution in [-0.2, 0) is 6.18 Å². The molecule has 0 aliphatic rings. The van der Waals surface area contributed by atoms with E-state index in [1.807, 2.05) is 0 Å². The number of halogens is 3. The molecule has 0 heterocycles. The van der Waals surface area contributed by atoms with Crippen LogP contribution in [0.1, 0.15) is 15.9 Å². The van der Waals surface area contributed by atoms with Gasteiger partial charge in [-0.1, -0.05) is 30.3 Å². The number of hydrogen-bond acceptors (Lipinski definition) is 2. The Morgan fingerprint density at radius 3 is 2.14 bits per heavy atom. The molecule has 0 saturated carbocycles. The van der Waals surface area contributed by atoms with Gasteiger partial charge in [-0.05, 0) is 24.3 Å². The molecule has 1 N–H and O–H groups in total. The van der Waals surface area contributed by atoms with Crippen molar-refractivity contribution in [1.82, 2.24) is 0 Å². The lowest BCUT2D eigenvalue weighted by Crippen LogP contribution is -2.04. The van der Waals surface area contributed by atoms with Gasteiger partial charge in [0.1, 0.15) is 0 Å². The van der Waals surface area contributed by atoms with E-state index in [1.165, 1.54) is 24.4 Å². The lowest BCUT2D eigenvalue weighted by Gasteiger charge is -2.07. The minimum absolute atomic E-state index is 0.185. The van der Waals surface area contributed by atoms with Gasteiger partial charge in [0.25, 0.3) is 0 Å². The van der Waals surface area contributed by atoms with E-state index in [4.69, 9.17) is 0 Å². The SMILES string of the molecule is O=C(/C=C/Nc1ccc(C(F)(F)F)cc1)c1ccccc1. The Morgan fingerprint density at radius 2 is 1.57 bits per heavy atom. The fourth-order valence-corrected chi connectivity index (χ4v) is 1.67. The molecule has 0 bridgehead atoms. The summed E-state index contributed by atoms with van der Waals surface area (Å²) >= 11 is 0. The fraction of sp³-hybridized carbons (Fsp3) is 0.0625. The van der Waals surface area contributed by atoms with Crippen LogP contribution in [-0.4, -0.2) is 5.78 Å². The summed E-state index contributed by atoms with van der Waals surface area (Å²) in [6.45, 7) is 0. The summed E-state index contributed by atoms with van der Waals surface area (Å²) in [5.41, 5.74) is 0.306. The number of benzene rings is 2. The van der Waals surface area contributed by atoms with Gasteiger partial charge in [0, 0.05) is 23.5 Å². The number of alkyl halides is 3. The molecule has 0 amide bonds. The maximum absolute atomic E-state index is 12.4. The monoisotopic (exact) mass is 291 g/mol. The van der Waals surface area contributed by atoms with Crippen LogP contribution in [0.5, 0.6) is 0 Å². The maximum atomic E-state index is 12.4. The standard InChI is InChI=1S/C16H12F3NO/c17-16(18,19)13-6-8-14(9-7-13)20-11-10-15(21)12-4-2-1-3-5-12/h1-11,20H/b11-10+. The van der Waals surface area contributed by atoms with Crippen LogP contribution in [0.15, 0.2) is 66.9 Å². The van der Waals surface area contributed by atoms with Crippen molar-refractivity contribution in [2.45, 2.75) is 6.18 Å². The van der Waals surface area contributed by atoms with Crippen molar-refractivity contribution in [3.05, 3.63) is 78.0 Å². The number of rotatable bonds is 4. The Hall–Kier alpha value is -2.56. The first kappa shape index (κ1) is 14.8. The van der Waals surface area contributed by atoms with Gasteiger partial charge in [-0.2, -0.15) is 13.2 Å². The average molecular weight is 291 g/mol. The molecule has 0 spiro atoms. The summed E-state index contributed by atoms with van der Waals surface area (Å²) in [6.07, 6.45) is -1.62. The Bertz CT molecular complexity index is 631. The van der Waals surface area contributed by atoms with Gasteiger partial charge in [-0.15, -0.1) is 0 Å². The maximum Gasteiger partial charge on any atom is 0.416 e. The quantitative estimate of drug-likeness (QED) is 0.663. The number of nitrogens with one attached hydrogen (secondary N) is 1. The van der Waals surface area contributed by atoms with Crippen molar-refractivity contribution >= 4 is 11.5 Å². The molecule has 2 aromatic rings. The zero-order chi connectivity index (χ0) is 15.3. The lowest BCUT2D eigenvalue weighted by atomic mass is 10.1. The van der Waals surface area contributed by atoms with Crippen LogP contribution >= 0.6 is 0 Å². The second-order valence-electron chi connectivity index (χ2n) is 4.28. The van der Waals surface area contributed by atoms with E-state index in [9.17, 15) is 18.0 Å². The highest BCUT2D eigenvalue weighted by Crippen LogP contribution is 2.29. The van der Waals surface area contributed by atoms with Gasteiger partial charge >= 0.3 is 6.18 Å². The Labute approximate surface area is 119 Å². The van der Waals surface area contributed by atoms with Gasteiger partial charge in [0.05, 0.1) is 5.56 Å². The topological polar surface area (TPSA) is 29.1 Å². The van der Waals surface area contributed by atoms with Crippen LogP contribution in [0.4, 0.5) is 18.9 Å². The van der Waals surface area contributed by atoms with Gasteiger partial charge < -0.3 is 5.32 Å². The van der Waals surface area contributed by atoms with Crippen LogP contribution in [0.2, 0.25) is 0 Å². The summed E-state index contributed by atoms with van der Waals surface area (Å²) in [5, 5.41) is 2.76. The molecular weight excluding hydrogens is 279 g/mol. The summed E-state index contributed by atoms with van der Waals surface area (Å²) in [4.78, 5) is 11.7.